The van der Waals surface area contributed by atoms with Crippen molar-refractivity contribution in [2.75, 3.05) is 25.1 Å². The lowest BCUT2D eigenvalue weighted by molar-refractivity contribution is -0.0705. The third-order valence-corrected chi connectivity index (χ3v) is 6.64. The maximum absolute atomic E-state index is 5.88. The van der Waals surface area contributed by atoms with Crippen LogP contribution in [-0.4, -0.2) is 57.1 Å². The van der Waals surface area contributed by atoms with Gasteiger partial charge in [0.15, 0.2) is 5.82 Å². The van der Waals surface area contributed by atoms with Gasteiger partial charge in [-0.3, -0.25) is 4.90 Å². The van der Waals surface area contributed by atoms with E-state index in [0.717, 1.165) is 52.6 Å². The average Bonchev–Trinajstić information content (AvgIpc) is 3.23. The molecule has 0 aliphatic carbocycles. The summed E-state index contributed by atoms with van der Waals surface area (Å²) < 4.78 is 14.2. The van der Waals surface area contributed by atoms with E-state index in [0.29, 0.717) is 13.2 Å². The number of hydrogen-bond donors (Lipinski definition) is 0. The zero-order valence-electron chi connectivity index (χ0n) is 18.5. The van der Waals surface area contributed by atoms with Gasteiger partial charge in [-0.05, 0) is 43.2 Å². The van der Waals surface area contributed by atoms with Crippen LogP contribution in [0.2, 0.25) is 0 Å². The van der Waals surface area contributed by atoms with Gasteiger partial charge >= 0.3 is 0 Å². The number of ether oxygens (including phenoxy) is 2. The van der Waals surface area contributed by atoms with Crippen LogP contribution in [0.25, 0.3) is 11.4 Å². The van der Waals surface area contributed by atoms with Gasteiger partial charge in [0, 0.05) is 36.8 Å². The van der Waals surface area contributed by atoms with Gasteiger partial charge in [0.2, 0.25) is 0 Å². The van der Waals surface area contributed by atoms with Crippen molar-refractivity contribution in [3.05, 3.63) is 52.4 Å². The van der Waals surface area contributed by atoms with Crippen LogP contribution < -0.4 is 9.64 Å². The van der Waals surface area contributed by atoms with Crippen LogP contribution in [0.4, 0.5) is 5.82 Å². The summed E-state index contributed by atoms with van der Waals surface area (Å²) in [4.78, 5) is 14.1. The summed E-state index contributed by atoms with van der Waals surface area (Å²) in [6.07, 6.45) is 4.09. The lowest BCUT2D eigenvalue weighted by Gasteiger charge is -2.35. The zero-order chi connectivity index (χ0) is 22.2. The first kappa shape index (κ1) is 21.4. The molecule has 0 bridgehead atoms. The van der Waals surface area contributed by atoms with Crippen molar-refractivity contribution in [1.29, 1.82) is 0 Å². The summed E-state index contributed by atoms with van der Waals surface area (Å²) in [6, 6.07) is 8.26. The molecule has 0 saturated carbocycles. The fourth-order valence-corrected chi connectivity index (χ4v) is 5.08. The van der Waals surface area contributed by atoms with Crippen LogP contribution >= 0.6 is 15.9 Å². The van der Waals surface area contributed by atoms with Crippen molar-refractivity contribution in [2.45, 2.75) is 45.8 Å². The number of aromatic nitrogens is 4. The average molecular weight is 499 g/mol. The highest BCUT2D eigenvalue weighted by atomic mass is 79.9. The molecule has 2 aromatic heterocycles. The predicted molar refractivity (Wildman–Crippen MR) is 125 cm³/mol. The lowest BCUT2D eigenvalue weighted by atomic mass is 10.1. The molecule has 168 valence electrons. The van der Waals surface area contributed by atoms with E-state index < -0.39 is 0 Å². The maximum Gasteiger partial charge on any atom is 0.163 e. The minimum absolute atomic E-state index is 0.242. The summed E-state index contributed by atoms with van der Waals surface area (Å²) in [5, 5.41) is 4.44. The monoisotopic (exact) mass is 498 g/mol. The number of hydrogen-bond acceptors (Lipinski definition) is 7. The third kappa shape index (κ3) is 4.24. The second-order valence-corrected chi connectivity index (χ2v) is 9.40. The fraction of sp³-hybridized carbons (Fsp3) is 0.435. The molecule has 2 aliphatic heterocycles. The quantitative estimate of drug-likeness (QED) is 0.531. The van der Waals surface area contributed by atoms with Gasteiger partial charge in [-0.25, -0.2) is 14.6 Å². The molecule has 0 radical (unpaired) electrons. The summed E-state index contributed by atoms with van der Waals surface area (Å²) >= 11 is 3.68. The van der Waals surface area contributed by atoms with Gasteiger partial charge < -0.3 is 14.4 Å². The van der Waals surface area contributed by atoms with Crippen molar-refractivity contribution in [3.8, 4) is 17.1 Å². The number of halogens is 1. The summed E-state index contributed by atoms with van der Waals surface area (Å²) in [6.45, 7) is 8.26. The van der Waals surface area contributed by atoms with Gasteiger partial charge in [0.05, 0.1) is 24.9 Å². The van der Waals surface area contributed by atoms with Crippen LogP contribution in [0.15, 0.2) is 41.3 Å². The van der Waals surface area contributed by atoms with E-state index in [1.807, 2.05) is 23.0 Å². The van der Waals surface area contributed by atoms with Crippen molar-refractivity contribution in [2.24, 2.45) is 0 Å². The summed E-state index contributed by atoms with van der Waals surface area (Å²) in [5.74, 6) is 2.62. The third-order valence-electron chi connectivity index (χ3n) is 5.91. The minimum Gasteiger partial charge on any atom is -0.497 e. The van der Waals surface area contributed by atoms with Crippen molar-refractivity contribution in [1.82, 2.24) is 24.6 Å². The van der Waals surface area contributed by atoms with E-state index in [4.69, 9.17) is 14.5 Å². The number of morpholine rings is 1. The number of fused-ring (bicyclic) bond motifs is 3. The van der Waals surface area contributed by atoms with E-state index in [9.17, 15) is 0 Å². The van der Waals surface area contributed by atoms with E-state index >= 15 is 0 Å². The predicted octanol–water partition coefficient (Wildman–Crippen LogP) is 3.70. The van der Waals surface area contributed by atoms with Crippen molar-refractivity contribution in [3.63, 3.8) is 0 Å². The Balaban J connectivity index is 1.43. The molecule has 1 aromatic carbocycles. The van der Waals surface area contributed by atoms with E-state index in [2.05, 4.69) is 61.8 Å². The topological polar surface area (TPSA) is 68.5 Å². The Bertz CT molecular complexity index is 1110. The van der Waals surface area contributed by atoms with Gasteiger partial charge in [0.1, 0.15) is 24.6 Å². The number of methoxy groups -OCH3 is 1. The van der Waals surface area contributed by atoms with Crippen LogP contribution in [0.1, 0.15) is 25.0 Å². The molecule has 2 aliphatic rings. The number of nitrogens with zero attached hydrogens (tertiary/aromatic N) is 6. The molecule has 8 nitrogen and oxygen atoms in total. The van der Waals surface area contributed by atoms with Crippen molar-refractivity contribution < 1.29 is 9.47 Å². The molecule has 0 N–H and O–H groups in total. The molecule has 4 heterocycles. The molecule has 9 heteroatoms. The van der Waals surface area contributed by atoms with E-state index in [1.54, 1.807) is 13.4 Å². The normalized spacial score (nSPS) is 20.7. The smallest absolute Gasteiger partial charge is 0.163 e. The molecule has 3 aromatic rings. The molecular formula is C23H27BrN6O2. The minimum atomic E-state index is 0.242. The van der Waals surface area contributed by atoms with Gasteiger partial charge in [0.25, 0.3) is 0 Å². The molecule has 1 saturated heterocycles. The summed E-state index contributed by atoms with van der Waals surface area (Å²) in [5.41, 5.74) is 3.35. The molecular weight excluding hydrogens is 472 g/mol. The van der Waals surface area contributed by atoms with E-state index in [-0.39, 0.29) is 12.2 Å². The maximum atomic E-state index is 5.88. The van der Waals surface area contributed by atoms with Crippen LogP contribution in [0.5, 0.6) is 5.75 Å². The first-order chi connectivity index (χ1) is 15.5. The molecule has 0 spiro atoms. The Labute approximate surface area is 196 Å². The second kappa shape index (κ2) is 8.80. The first-order valence-electron chi connectivity index (χ1n) is 10.8. The number of pyridine rings is 1. The van der Waals surface area contributed by atoms with E-state index in [1.165, 1.54) is 5.56 Å². The Hall–Kier alpha value is -2.49. The highest BCUT2D eigenvalue weighted by molar-refractivity contribution is 9.10. The molecule has 32 heavy (non-hydrogen) atoms. The molecule has 5 rings (SSSR count). The summed E-state index contributed by atoms with van der Waals surface area (Å²) in [7, 11) is 1.67. The largest absolute Gasteiger partial charge is 0.497 e. The standard InChI is InChI=1S/C23H27BrN6O2/c1-15-9-28(10-16(2)32-15)11-17-6-20-22(25-8-17)29(14-30-23(20)26-13-27-30)12-18-4-5-19(31-3)7-21(18)24/h4-8,13,15-16H,9-12,14H2,1-3H3/t15-,16+. The molecule has 0 amide bonds. The highest BCUT2D eigenvalue weighted by Gasteiger charge is 2.27. The Morgan fingerprint density at radius 2 is 1.94 bits per heavy atom. The van der Waals surface area contributed by atoms with Crippen LogP contribution in [-0.2, 0) is 24.5 Å². The molecule has 0 unspecified atom stereocenters. The SMILES string of the molecule is COc1ccc(CN2Cn3ncnc3-c3cc(CN4C[C@@H](C)O[C@@H](C)C4)cnc32)c(Br)c1. The first-order valence-corrected chi connectivity index (χ1v) is 11.6. The Morgan fingerprint density at radius 3 is 2.69 bits per heavy atom. The van der Waals surface area contributed by atoms with Crippen molar-refractivity contribution >= 4 is 21.7 Å². The Kier molecular flexibility index (Phi) is 5.88. The zero-order valence-corrected chi connectivity index (χ0v) is 20.1. The molecule has 1 fully saturated rings. The highest BCUT2D eigenvalue weighted by Crippen LogP contribution is 2.35. The van der Waals surface area contributed by atoms with Gasteiger partial charge in [-0.2, -0.15) is 5.10 Å². The van der Waals surface area contributed by atoms with Crippen LogP contribution in [0, 0.1) is 0 Å². The fourth-order valence-electron chi connectivity index (χ4n) is 4.59. The van der Waals surface area contributed by atoms with Gasteiger partial charge in [-0.15, -0.1) is 0 Å². The number of anilines is 1. The van der Waals surface area contributed by atoms with Gasteiger partial charge in [-0.1, -0.05) is 22.0 Å². The number of benzene rings is 1. The second-order valence-electron chi connectivity index (χ2n) is 8.55. The number of rotatable bonds is 5. The molecule has 2 atom stereocenters. The Morgan fingerprint density at radius 1 is 1.12 bits per heavy atom. The van der Waals surface area contributed by atoms with Crippen LogP contribution in [0.3, 0.4) is 0 Å². The lowest BCUT2D eigenvalue weighted by Crippen LogP contribution is -2.44.